The first-order valence-corrected chi connectivity index (χ1v) is 6.59. The van der Waals surface area contributed by atoms with Gasteiger partial charge in [0.25, 0.3) is 0 Å². The Bertz CT molecular complexity index is 321. The lowest BCUT2D eigenvalue weighted by Gasteiger charge is -2.12. The molecular weight excluding hydrogens is 224 g/mol. The van der Waals surface area contributed by atoms with E-state index in [1.807, 2.05) is 6.92 Å². The van der Waals surface area contributed by atoms with Crippen molar-refractivity contribution in [3.8, 4) is 0 Å². The summed E-state index contributed by atoms with van der Waals surface area (Å²) in [6.07, 6.45) is 0. The van der Waals surface area contributed by atoms with E-state index >= 15 is 0 Å². The van der Waals surface area contributed by atoms with Crippen LogP contribution in [0.15, 0.2) is 24.3 Å². The van der Waals surface area contributed by atoms with E-state index in [0.29, 0.717) is 12.6 Å². The first-order chi connectivity index (χ1) is 8.61. The number of rotatable bonds is 8. The van der Waals surface area contributed by atoms with Crippen LogP contribution in [0.2, 0.25) is 0 Å². The lowest BCUT2D eigenvalue weighted by atomic mass is 10.1. The average molecular weight is 250 g/mol. The van der Waals surface area contributed by atoms with Crippen molar-refractivity contribution in [2.45, 2.75) is 39.0 Å². The molecule has 0 fully saturated rings. The number of benzene rings is 1. The predicted molar refractivity (Wildman–Crippen MR) is 77.2 cm³/mol. The van der Waals surface area contributed by atoms with E-state index in [-0.39, 0.29) is 6.04 Å². The standard InChI is InChI=1S/C14H26N4/c1-11(16)8-17-9-13-3-5-14(6-4-13)10-18-12(2)7-15/h3-6,11-12,17-18H,7-10,15-16H2,1-2H3. The summed E-state index contributed by atoms with van der Waals surface area (Å²) in [6.45, 7) is 7.34. The molecule has 6 N–H and O–H groups in total. The van der Waals surface area contributed by atoms with Gasteiger partial charge in [0.05, 0.1) is 0 Å². The fourth-order valence-corrected chi connectivity index (χ4v) is 1.59. The summed E-state index contributed by atoms with van der Waals surface area (Å²) in [5.41, 5.74) is 13.8. The summed E-state index contributed by atoms with van der Waals surface area (Å²) in [7, 11) is 0. The largest absolute Gasteiger partial charge is 0.329 e. The lowest BCUT2D eigenvalue weighted by molar-refractivity contribution is 0.556. The summed E-state index contributed by atoms with van der Waals surface area (Å²) < 4.78 is 0. The van der Waals surface area contributed by atoms with Crippen LogP contribution in [0.25, 0.3) is 0 Å². The lowest BCUT2D eigenvalue weighted by Crippen LogP contribution is -2.32. The molecule has 2 atom stereocenters. The molecule has 1 aromatic rings. The second kappa shape index (κ2) is 8.21. The highest BCUT2D eigenvalue weighted by atomic mass is 14.9. The van der Waals surface area contributed by atoms with Gasteiger partial charge in [-0.25, -0.2) is 0 Å². The third-order valence-corrected chi connectivity index (χ3v) is 2.83. The van der Waals surface area contributed by atoms with Gasteiger partial charge in [0.1, 0.15) is 0 Å². The van der Waals surface area contributed by atoms with E-state index < -0.39 is 0 Å². The van der Waals surface area contributed by atoms with Crippen LogP contribution in [0.1, 0.15) is 25.0 Å². The minimum atomic E-state index is 0.200. The second-order valence-electron chi connectivity index (χ2n) is 4.94. The Kier molecular flexibility index (Phi) is 6.90. The van der Waals surface area contributed by atoms with Crippen molar-refractivity contribution in [2.75, 3.05) is 13.1 Å². The van der Waals surface area contributed by atoms with Crippen molar-refractivity contribution < 1.29 is 0 Å². The van der Waals surface area contributed by atoms with E-state index in [2.05, 4.69) is 41.8 Å². The fourth-order valence-electron chi connectivity index (χ4n) is 1.59. The maximum absolute atomic E-state index is 5.68. The summed E-state index contributed by atoms with van der Waals surface area (Å²) in [5, 5.41) is 6.69. The third-order valence-electron chi connectivity index (χ3n) is 2.83. The predicted octanol–water partition coefficient (Wildman–Crippen LogP) is 0.560. The maximum Gasteiger partial charge on any atom is 0.0208 e. The normalized spacial score (nSPS) is 14.4. The highest BCUT2D eigenvalue weighted by molar-refractivity contribution is 5.22. The Morgan fingerprint density at radius 1 is 1.06 bits per heavy atom. The Morgan fingerprint density at radius 2 is 1.61 bits per heavy atom. The third kappa shape index (κ3) is 6.12. The summed E-state index contributed by atoms with van der Waals surface area (Å²) in [4.78, 5) is 0. The van der Waals surface area contributed by atoms with E-state index in [4.69, 9.17) is 11.5 Å². The summed E-state index contributed by atoms with van der Waals surface area (Å²) in [6, 6.07) is 9.16. The topological polar surface area (TPSA) is 76.1 Å². The van der Waals surface area contributed by atoms with Gasteiger partial charge in [0, 0.05) is 38.3 Å². The van der Waals surface area contributed by atoms with E-state index in [1.165, 1.54) is 11.1 Å². The molecular formula is C14H26N4. The van der Waals surface area contributed by atoms with Gasteiger partial charge < -0.3 is 22.1 Å². The molecule has 0 amide bonds. The molecule has 1 rings (SSSR count). The molecule has 4 nitrogen and oxygen atoms in total. The van der Waals surface area contributed by atoms with Crippen molar-refractivity contribution in [2.24, 2.45) is 11.5 Å². The van der Waals surface area contributed by atoms with Crippen LogP contribution < -0.4 is 22.1 Å². The maximum atomic E-state index is 5.68. The number of nitrogens with two attached hydrogens (primary N) is 2. The molecule has 0 radical (unpaired) electrons. The van der Waals surface area contributed by atoms with Gasteiger partial charge in [0.2, 0.25) is 0 Å². The quantitative estimate of drug-likeness (QED) is 0.544. The first-order valence-electron chi connectivity index (χ1n) is 6.59. The Balaban J connectivity index is 2.33. The Labute approximate surface area is 110 Å². The highest BCUT2D eigenvalue weighted by Gasteiger charge is 1.99. The molecule has 0 saturated heterocycles. The van der Waals surface area contributed by atoms with Gasteiger partial charge in [-0.3, -0.25) is 0 Å². The minimum Gasteiger partial charge on any atom is -0.329 e. The van der Waals surface area contributed by atoms with Crippen LogP contribution in [0.5, 0.6) is 0 Å². The number of hydrogen-bond acceptors (Lipinski definition) is 4. The summed E-state index contributed by atoms with van der Waals surface area (Å²) in [5.74, 6) is 0. The van der Waals surface area contributed by atoms with Crippen LogP contribution in [0, 0.1) is 0 Å². The fraction of sp³-hybridized carbons (Fsp3) is 0.571. The van der Waals surface area contributed by atoms with Crippen molar-refractivity contribution >= 4 is 0 Å². The van der Waals surface area contributed by atoms with Gasteiger partial charge >= 0.3 is 0 Å². The van der Waals surface area contributed by atoms with Crippen molar-refractivity contribution in [3.63, 3.8) is 0 Å². The molecule has 0 aliphatic heterocycles. The Hall–Kier alpha value is -0.940. The van der Waals surface area contributed by atoms with Crippen LogP contribution in [-0.2, 0) is 13.1 Å². The molecule has 102 valence electrons. The van der Waals surface area contributed by atoms with Gasteiger partial charge in [-0.1, -0.05) is 24.3 Å². The van der Waals surface area contributed by atoms with Crippen LogP contribution in [0.3, 0.4) is 0 Å². The molecule has 2 unspecified atom stereocenters. The number of nitrogens with one attached hydrogen (secondary N) is 2. The molecule has 0 aromatic heterocycles. The van der Waals surface area contributed by atoms with Crippen molar-refractivity contribution in [3.05, 3.63) is 35.4 Å². The van der Waals surface area contributed by atoms with E-state index in [0.717, 1.165) is 19.6 Å². The van der Waals surface area contributed by atoms with E-state index in [1.54, 1.807) is 0 Å². The smallest absolute Gasteiger partial charge is 0.0208 e. The van der Waals surface area contributed by atoms with Gasteiger partial charge in [-0.2, -0.15) is 0 Å². The van der Waals surface area contributed by atoms with Crippen LogP contribution in [-0.4, -0.2) is 25.2 Å². The molecule has 0 spiro atoms. The molecule has 4 heteroatoms. The molecule has 0 aliphatic rings. The monoisotopic (exact) mass is 250 g/mol. The zero-order chi connectivity index (χ0) is 13.4. The van der Waals surface area contributed by atoms with E-state index in [9.17, 15) is 0 Å². The zero-order valence-electron chi connectivity index (χ0n) is 11.4. The molecule has 18 heavy (non-hydrogen) atoms. The van der Waals surface area contributed by atoms with Crippen molar-refractivity contribution in [1.29, 1.82) is 0 Å². The van der Waals surface area contributed by atoms with Gasteiger partial charge in [-0.15, -0.1) is 0 Å². The molecule has 0 heterocycles. The van der Waals surface area contributed by atoms with Crippen molar-refractivity contribution in [1.82, 2.24) is 10.6 Å². The Morgan fingerprint density at radius 3 is 2.11 bits per heavy atom. The molecule has 0 aliphatic carbocycles. The molecule has 1 aromatic carbocycles. The SMILES string of the molecule is CC(N)CNCc1ccc(CNC(C)CN)cc1. The minimum absolute atomic E-state index is 0.200. The first kappa shape index (κ1) is 15.1. The van der Waals surface area contributed by atoms with Crippen LogP contribution in [0.4, 0.5) is 0 Å². The molecule has 0 bridgehead atoms. The second-order valence-corrected chi connectivity index (χ2v) is 4.94. The van der Waals surface area contributed by atoms with Gasteiger partial charge in [0.15, 0.2) is 0 Å². The average Bonchev–Trinajstić information content (AvgIpc) is 2.37. The highest BCUT2D eigenvalue weighted by Crippen LogP contribution is 2.04. The molecule has 0 saturated carbocycles. The van der Waals surface area contributed by atoms with Crippen LogP contribution >= 0.6 is 0 Å². The number of hydrogen-bond donors (Lipinski definition) is 4. The summed E-state index contributed by atoms with van der Waals surface area (Å²) >= 11 is 0. The van der Waals surface area contributed by atoms with Gasteiger partial charge in [-0.05, 0) is 25.0 Å². The zero-order valence-corrected chi connectivity index (χ0v) is 11.4.